The van der Waals surface area contributed by atoms with Gasteiger partial charge in [-0.25, -0.2) is 0 Å². The van der Waals surface area contributed by atoms with E-state index >= 15 is 0 Å². The summed E-state index contributed by atoms with van der Waals surface area (Å²) in [6.07, 6.45) is -2.88. The standard InChI is InChI=1S/C9H9F6NO4P2/c10-8(11,12)21(17,18)4-6-2-1-3-7(16-6)5-22(19,20)9(13,14)15/h1-3H,4-5H2,(H,17,18)(H,19,20). The second-order valence-electron chi connectivity index (χ2n) is 4.28. The van der Waals surface area contributed by atoms with Crippen molar-refractivity contribution in [3.05, 3.63) is 29.6 Å². The maximum absolute atomic E-state index is 12.3. The number of hydrogen-bond acceptors (Lipinski definition) is 3. The molecular formula is C9H9F6NO4P2. The number of nitrogens with zero attached hydrogens (tertiary/aromatic N) is 1. The average molecular weight is 371 g/mol. The number of pyridine rings is 1. The lowest BCUT2D eigenvalue weighted by molar-refractivity contribution is -0.0559. The lowest BCUT2D eigenvalue weighted by atomic mass is 10.3. The van der Waals surface area contributed by atoms with Crippen LogP contribution in [0.5, 0.6) is 0 Å². The van der Waals surface area contributed by atoms with Gasteiger partial charge in [0.25, 0.3) is 0 Å². The third-order valence-corrected chi connectivity index (χ3v) is 5.50. The van der Waals surface area contributed by atoms with Gasteiger partial charge in [0.05, 0.1) is 23.7 Å². The Morgan fingerprint density at radius 2 is 1.18 bits per heavy atom. The molecule has 126 valence electrons. The number of rotatable bonds is 4. The minimum atomic E-state index is -5.62. The van der Waals surface area contributed by atoms with Crippen LogP contribution in [0.1, 0.15) is 11.4 Å². The molecule has 0 aromatic carbocycles. The van der Waals surface area contributed by atoms with E-state index in [1.165, 1.54) is 0 Å². The summed E-state index contributed by atoms with van der Waals surface area (Å²) in [5.74, 6) is -10.8. The fourth-order valence-corrected chi connectivity index (χ4v) is 2.91. The molecule has 0 saturated heterocycles. The normalized spacial score (nSPS) is 18.5. The van der Waals surface area contributed by atoms with Gasteiger partial charge in [-0.1, -0.05) is 6.07 Å². The molecule has 13 heteroatoms. The van der Waals surface area contributed by atoms with Crippen LogP contribution in [0, 0.1) is 0 Å². The fraction of sp³-hybridized carbons (Fsp3) is 0.444. The maximum Gasteiger partial charge on any atom is 0.465 e. The largest absolute Gasteiger partial charge is 0.465 e. The third kappa shape index (κ3) is 4.55. The molecule has 2 atom stereocenters. The molecule has 0 radical (unpaired) electrons. The van der Waals surface area contributed by atoms with Gasteiger partial charge in [-0.3, -0.25) is 14.1 Å². The number of halogens is 6. The van der Waals surface area contributed by atoms with Crippen LogP contribution < -0.4 is 0 Å². The lowest BCUT2D eigenvalue weighted by Crippen LogP contribution is -2.12. The molecule has 1 aromatic rings. The molecule has 2 unspecified atom stereocenters. The predicted molar refractivity (Wildman–Crippen MR) is 63.4 cm³/mol. The van der Waals surface area contributed by atoms with Gasteiger partial charge < -0.3 is 9.79 Å². The van der Waals surface area contributed by atoms with E-state index < -0.39 is 50.3 Å². The molecule has 1 heterocycles. The van der Waals surface area contributed by atoms with Crippen molar-refractivity contribution in [2.45, 2.75) is 24.2 Å². The zero-order chi connectivity index (χ0) is 17.4. The van der Waals surface area contributed by atoms with Crippen molar-refractivity contribution < 1.29 is 45.3 Å². The topological polar surface area (TPSA) is 87.5 Å². The monoisotopic (exact) mass is 371 g/mol. The fourth-order valence-electron chi connectivity index (χ4n) is 1.32. The summed E-state index contributed by atoms with van der Waals surface area (Å²) in [5.41, 5.74) is -1.22. The summed E-state index contributed by atoms with van der Waals surface area (Å²) >= 11 is 0. The highest BCUT2D eigenvalue weighted by Crippen LogP contribution is 2.60. The molecular weight excluding hydrogens is 362 g/mol. The first-order chi connectivity index (χ1) is 9.66. The van der Waals surface area contributed by atoms with E-state index in [0.29, 0.717) is 0 Å². The molecule has 22 heavy (non-hydrogen) atoms. The molecule has 2 N–H and O–H groups in total. The summed E-state index contributed by atoms with van der Waals surface area (Å²) in [6.45, 7) is 0. The zero-order valence-electron chi connectivity index (χ0n) is 10.5. The minimum absolute atomic E-state index is 0.608. The van der Waals surface area contributed by atoms with Gasteiger partial charge in [0, 0.05) is 0 Å². The van der Waals surface area contributed by atoms with Crippen LogP contribution in [0.15, 0.2) is 18.2 Å². The molecule has 0 spiro atoms. The maximum atomic E-state index is 12.3. The molecule has 0 fully saturated rings. The highest BCUT2D eigenvalue weighted by Gasteiger charge is 2.51. The van der Waals surface area contributed by atoms with Gasteiger partial charge in [-0.15, -0.1) is 0 Å². The first-order valence-electron chi connectivity index (χ1n) is 5.38. The second kappa shape index (κ2) is 5.96. The summed E-state index contributed by atoms with van der Waals surface area (Å²) in [7, 11) is -11.2. The molecule has 0 aliphatic heterocycles. The van der Waals surface area contributed by atoms with Gasteiger partial charge in [-0.05, 0) is 12.1 Å². The van der Waals surface area contributed by atoms with Gasteiger partial charge in [-0.2, -0.15) is 26.3 Å². The molecule has 1 rings (SSSR count). The van der Waals surface area contributed by atoms with Gasteiger partial charge in [0.2, 0.25) is 0 Å². The van der Waals surface area contributed by atoms with Crippen LogP contribution in [-0.2, 0) is 21.5 Å². The Morgan fingerprint density at radius 1 is 0.864 bits per heavy atom. The van der Waals surface area contributed by atoms with Crippen molar-refractivity contribution in [1.29, 1.82) is 0 Å². The SMILES string of the molecule is O=P(O)(Cc1cccc(CP(=O)(O)C(F)(F)F)n1)C(F)(F)F. The van der Waals surface area contributed by atoms with Crippen LogP contribution in [0.3, 0.4) is 0 Å². The van der Waals surface area contributed by atoms with Crippen LogP contribution in [-0.4, -0.2) is 26.6 Å². The van der Waals surface area contributed by atoms with E-state index in [1.807, 2.05) is 0 Å². The van der Waals surface area contributed by atoms with E-state index in [1.54, 1.807) is 0 Å². The molecule has 0 amide bonds. The Balaban J connectivity index is 3.02. The van der Waals surface area contributed by atoms with Crippen LogP contribution in [0.2, 0.25) is 0 Å². The minimum Gasteiger partial charge on any atom is -0.338 e. The Bertz CT molecular complexity index is 592. The highest BCUT2D eigenvalue weighted by atomic mass is 31.2. The lowest BCUT2D eigenvalue weighted by Gasteiger charge is -2.16. The number of aromatic nitrogens is 1. The van der Waals surface area contributed by atoms with Crippen molar-refractivity contribution in [3.8, 4) is 0 Å². The average Bonchev–Trinajstić information content (AvgIpc) is 2.24. The summed E-state index contributed by atoms with van der Waals surface area (Å²) in [4.78, 5) is 21.0. The Hall–Kier alpha value is -0.890. The highest BCUT2D eigenvalue weighted by molar-refractivity contribution is 7.58. The molecule has 0 aliphatic carbocycles. The van der Waals surface area contributed by atoms with Gasteiger partial charge in [0.15, 0.2) is 0 Å². The quantitative estimate of drug-likeness (QED) is 0.623. The molecule has 1 aromatic heterocycles. The zero-order valence-corrected chi connectivity index (χ0v) is 12.3. The third-order valence-electron chi connectivity index (χ3n) is 2.41. The smallest absolute Gasteiger partial charge is 0.338 e. The van der Waals surface area contributed by atoms with Gasteiger partial charge in [0.1, 0.15) is 0 Å². The van der Waals surface area contributed by atoms with E-state index in [4.69, 9.17) is 9.79 Å². The molecule has 0 saturated carbocycles. The first-order valence-corrected chi connectivity index (χ1v) is 9.07. The molecule has 0 bridgehead atoms. The van der Waals surface area contributed by atoms with Crippen molar-refractivity contribution in [2.24, 2.45) is 0 Å². The Morgan fingerprint density at radius 3 is 1.45 bits per heavy atom. The van der Waals surface area contributed by atoms with Gasteiger partial charge >= 0.3 is 26.6 Å². The van der Waals surface area contributed by atoms with Crippen LogP contribution in [0.4, 0.5) is 26.3 Å². The van der Waals surface area contributed by atoms with E-state index in [2.05, 4.69) is 4.98 Å². The number of hydrogen-bond donors (Lipinski definition) is 2. The van der Waals surface area contributed by atoms with Crippen molar-refractivity contribution in [3.63, 3.8) is 0 Å². The first kappa shape index (κ1) is 19.2. The summed E-state index contributed by atoms with van der Waals surface area (Å²) in [5, 5.41) is 0. The number of alkyl halides is 6. The Kier molecular flexibility index (Phi) is 5.19. The van der Waals surface area contributed by atoms with Crippen LogP contribution in [0.25, 0.3) is 0 Å². The summed E-state index contributed by atoms with van der Waals surface area (Å²) < 4.78 is 95.8. The van der Waals surface area contributed by atoms with Crippen molar-refractivity contribution in [2.75, 3.05) is 0 Å². The molecule has 5 nitrogen and oxygen atoms in total. The second-order valence-corrected chi connectivity index (χ2v) is 8.73. The Labute approximate surface area is 119 Å². The summed E-state index contributed by atoms with van der Waals surface area (Å²) in [6, 6.07) is 2.77. The predicted octanol–water partition coefficient (Wildman–Crippen LogP) is 3.66. The van der Waals surface area contributed by atoms with Crippen molar-refractivity contribution in [1.82, 2.24) is 4.98 Å². The van der Waals surface area contributed by atoms with E-state index in [-0.39, 0.29) is 0 Å². The van der Waals surface area contributed by atoms with E-state index in [9.17, 15) is 35.5 Å². The van der Waals surface area contributed by atoms with E-state index in [0.717, 1.165) is 18.2 Å². The van der Waals surface area contributed by atoms with Crippen molar-refractivity contribution >= 4 is 14.7 Å². The van der Waals surface area contributed by atoms with Crippen LogP contribution >= 0.6 is 14.7 Å². The molecule has 0 aliphatic rings.